The van der Waals surface area contributed by atoms with Crippen LogP contribution in [-0.4, -0.2) is 21.9 Å². The Labute approximate surface area is 112 Å². The molecule has 1 amide bonds. The Balaban J connectivity index is 2.44. The monoisotopic (exact) mass is 258 g/mol. The second kappa shape index (κ2) is 5.14. The minimum Gasteiger partial charge on any atom is -0.383 e. The molecule has 19 heavy (non-hydrogen) atoms. The highest BCUT2D eigenvalue weighted by atomic mass is 16.2. The van der Waals surface area contributed by atoms with Crippen LogP contribution >= 0.6 is 0 Å². The number of rotatable bonds is 2. The van der Waals surface area contributed by atoms with E-state index in [1.165, 1.54) is 4.68 Å². The predicted octanol–water partition coefficient (Wildman–Crippen LogP) is 2.41. The molecule has 5 nitrogen and oxygen atoms in total. The number of carbonyl (C=O) groups is 1. The van der Waals surface area contributed by atoms with Crippen LogP contribution in [0.3, 0.4) is 0 Å². The molecule has 1 heterocycles. The third-order valence-corrected chi connectivity index (χ3v) is 2.76. The van der Waals surface area contributed by atoms with Gasteiger partial charge in [-0.15, -0.1) is 0 Å². The summed E-state index contributed by atoms with van der Waals surface area (Å²) >= 11 is 0. The van der Waals surface area contributed by atoms with Gasteiger partial charge in [0.1, 0.15) is 5.82 Å². The van der Waals surface area contributed by atoms with Crippen molar-refractivity contribution in [1.82, 2.24) is 15.1 Å². The van der Waals surface area contributed by atoms with E-state index in [-0.39, 0.29) is 12.1 Å². The van der Waals surface area contributed by atoms with Gasteiger partial charge in [0.15, 0.2) is 0 Å². The summed E-state index contributed by atoms with van der Waals surface area (Å²) in [5.41, 5.74) is 8.56. The van der Waals surface area contributed by atoms with E-state index in [4.69, 9.17) is 5.73 Å². The number of amides is 1. The quantitative estimate of drug-likeness (QED) is 0.868. The number of nitrogen functional groups attached to an aromatic ring is 1. The van der Waals surface area contributed by atoms with Gasteiger partial charge in [0.2, 0.25) is 0 Å². The topological polar surface area (TPSA) is 72.9 Å². The number of anilines is 1. The molecule has 0 unspecified atom stereocenters. The van der Waals surface area contributed by atoms with E-state index in [1.807, 2.05) is 51.1 Å². The van der Waals surface area contributed by atoms with E-state index < -0.39 is 0 Å². The predicted molar refractivity (Wildman–Crippen MR) is 75.9 cm³/mol. The first kappa shape index (κ1) is 13.1. The van der Waals surface area contributed by atoms with E-state index in [0.717, 1.165) is 16.8 Å². The van der Waals surface area contributed by atoms with E-state index >= 15 is 0 Å². The molecule has 0 bridgehead atoms. The van der Waals surface area contributed by atoms with E-state index in [9.17, 15) is 4.79 Å². The summed E-state index contributed by atoms with van der Waals surface area (Å²) in [6.45, 7) is 5.63. The fourth-order valence-corrected chi connectivity index (χ4v) is 1.97. The van der Waals surface area contributed by atoms with Gasteiger partial charge in [-0.25, -0.2) is 4.79 Å². The highest BCUT2D eigenvalue weighted by Crippen LogP contribution is 2.28. The summed E-state index contributed by atoms with van der Waals surface area (Å²) in [6, 6.07) is 9.43. The molecule has 0 atom stereocenters. The first-order valence-corrected chi connectivity index (χ1v) is 6.22. The third-order valence-electron chi connectivity index (χ3n) is 2.76. The van der Waals surface area contributed by atoms with Crippen LogP contribution < -0.4 is 11.1 Å². The van der Waals surface area contributed by atoms with Crippen LogP contribution in [0.25, 0.3) is 11.1 Å². The van der Waals surface area contributed by atoms with Crippen LogP contribution in [0.1, 0.15) is 19.5 Å². The van der Waals surface area contributed by atoms with E-state index in [2.05, 4.69) is 10.4 Å². The van der Waals surface area contributed by atoms with Crippen molar-refractivity contribution in [3.63, 3.8) is 0 Å². The molecule has 2 aromatic rings. The van der Waals surface area contributed by atoms with Gasteiger partial charge in [0.05, 0.1) is 5.69 Å². The molecule has 1 aromatic carbocycles. The minimum absolute atomic E-state index is 0.0385. The van der Waals surface area contributed by atoms with Crippen LogP contribution in [0, 0.1) is 6.92 Å². The summed E-state index contributed by atoms with van der Waals surface area (Å²) in [5.74, 6) is 0.363. The van der Waals surface area contributed by atoms with Gasteiger partial charge in [-0.05, 0) is 26.3 Å². The molecule has 5 heteroatoms. The highest BCUT2D eigenvalue weighted by Gasteiger charge is 2.18. The molecule has 1 aromatic heterocycles. The Bertz CT molecular complexity index is 587. The van der Waals surface area contributed by atoms with Crippen molar-refractivity contribution in [3.8, 4) is 11.1 Å². The lowest BCUT2D eigenvalue weighted by molar-refractivity contribution is 0.237. The smallest absolute Gasteiger partial charge is 0.344 e. The summed E-state index contributed by atoms with van der Waals surface area (Å²) in [4.78, 5) is 12.0. The molecular weight excluding hydrogens is 240 g/mol. The maximum atomic E-state index is 12.0. The molecule has 2 rings (SSSR count). The van der Waals surface area contributed by atoms with Crippen molar-refractivity contribution in [2.45, 2.75) is 26.8 Å². The Morgan fingerprint density at radius 3 is 2.53 bits per heavy atom. The van der Waals surface area contributed by atoms with Crippen molar-refractivity contribution in [2.24, 2.45) is 0 Å². The lowest BCUT2D eigenvalue weighted by Crippen LogP contribution is -2.35. The standard InChI is InChI=1S/C14H18N4O/c1-9(2)16-14(19)18-13(15)12(10(3)17-18)11-7-5-4-6-8-11/h4-9H,15H2,1-3H3,(H,16,19). The molecule has 100 valence electrons. The molecule has 0 spiro atoms. The molecule has 0 saturated carbocycles. The Morgan fingerprint density at radius 2 is 1.95 bits per heavy atom. The van der Waals surface area contributed by atoms with Gasteiger partial charge in [-0.1, -0.05) is 30.3 Å². The molecular formula is C14H18N4O. The molecule has 0 aliphatic carbocycles. The van der Waals surface area contributed by atoms with Gasteiger partial charge >= 0.3 is 6.03 Å². The number of carbonyl (C=O) groups excluding carboxylic acids is 1. The normalized spacial score (nSPS) is 10.7. The van der Waals surface area contributed by atoms with E-state index in [1.54, 1.807) is 0 Å². The molecule has 0 aliphatic rings. The molecule has 0 fully saturated rings. The molecule has 0 saturated heterocycles. The summed E-state index contributed by atoms with van der Waals surface area (Å²) in [5, 5.41) is 6.99. The lowest BCUT2D eigenvalue weighted by atomic mass is 10.1. The number of nitrogens with one attached hydrogen (secondary N) is 1. The number of nitrogens with zero attached hydrogens (tertiary/aromatic N) is 2. The highest BCUT2D eigenvalue weighted by molar-refractivity contribution is 5.86. The van der Waals surface area contributed by atoms with Crippen LogP contribution in [-0.2, 0) is 0 Å². The molecule has 3 N–H and O–H groups in total. The molecule has 0 aliphatic heterocycles. The number of aryl methyl sites for hydroxylation is 1. The van der Waals surface area contributed by atoms with Crippen molar-refractivity contribution in [3.05, 3.63) is 36.0 Å². The average molecular weight is 258 g/mol. The maximum absolute atomic E-state index is 12.0. The van der Waals surface area contributed by atoms with Gasteiger partial charge in [-0.2, -0.15) is 9.78 Å². The average Bonchev–Trinajstić information content (AvgIpc) is 2.65. The summed E-state index contributed by atoms with van der Waals surface area (Å²) in [6.07, 6.45) is 0. The fourth-order valence-electron chi connectivity index (χ4n) is 1.97. The zero-order valence-electron chi connectivity index (χ0n) is 11.3. The van der Waals surface area contributed by atoms with Crippen molar-refractivity contribution >= 4 is 11.8 Å². The number of hydrogen-bond donors (Lipinski definition) is 2. The zero-order chi connectivity index (χ0) is 14.0. The van der Waals surface area contributed by atoms with Gasteiger partial charge in [-0.3, -0.25) is 0 Å². The Hall–Kier alpha value is -2.30. The first-order chi connectivity index (χ1) is 9.00. The fraction of sp³-hybridized carbons (Fsp3) is 0.286. The van der Waals surface area contributed by atoms with Crippen molar-refractivity contribution in [1.29, 1.82) is 0 Å². The third kappa shape index (κ3) is 2.59. The van der Waals surface area contributed by atoms with E-state index in [0.29, 0.717) is 5.82 Å². The van der Waals surface area contributed by atoms with Crippen LogP contribution in [0.15, 0.2) is 30.3 Å². The summed E-state index contributed by atoms with van der Waals surface area (Å²) in [7, 11) is 0. The maximum Gasteiger partial charge on any atom is 0.344 e. The lowest BCUT2D eigenvalue weighted by Gasteiger charge is -2.09. The Morgan fingerprint density at radius 1 is 1.32 bits per heavy atom. The number of nitrogens with two attached hydrogens (primary N) is 1. The number of aromatic nitrogens is 2. The van der Waals surface area contributed by atoms with Crippen molar-refractivity contribution in [2.75, 3.05) is 5.73 Å². The van der Waals surface area contributed by atoms with Crippen LogP contribution in [0.4, 0.5) is 10.6 Å². The number of benzene rings is 1. The second-order valence-electron chi connectivity index (χ2n) is 4.73. The van der Waals surface area contributed by atoms with Crippen molar-refractivity contribution < 1.29 is 4.79 Å². The minimum atomic E-state index is -0.308. The molecule has 0 radical (unpaired) electrons. The van der Waals surface area contributed by atoms with Gasteiger partial charge in [0, 0.05) is 11.6 Å². The van der Waals surface area contributed by atoms with Gasteiger partial charge < -0.3 is 11.1 Å². The van der Waals surface area contributed by atoms with Crippen LogP contribution in [0.2, 0.25) is 0 Å². The van der Waals surface area contributed by atoms with Gasteiger partial charge in [0.25, 0.3) is 0 Å². The van der Waals surface area contributed by atoms with Crippen LogP contribution in [0.5, 0.6) is 0 Å². The largest absolute Gasteiger partial charge is 0.383 e. The zero-order valence-corrected chi connectivity index (χ0v) is 11.3. The summed E-state index contributed by atoms with van der Waals surface area (Å²) < 4.78 is 1.22. The first-order valence-electron chi connectivity index (χ1n) is 6.22. The second-order valence-corrected chi connectivity index (χ2v) is 4.73. The SMILES string of the molecule is Cc1nn(C(=O)NC(C)C)c(N)c1-c1ccccc1. The Kier molecular flexibility index (Phi) is 3.55. The number of hydrogen-bond acceptors (Lipinski definition) is 3.